The van der Waals surface area contributed by atoms with Crippen molar-refractivity contribution in [2.24, 2.45) is 0 Å². The zero-order chi connectivity index (χ0) is 10.1. The average molecular weight is 191 g/mol. The Hall–Kier alpha value is -0.133. The van der Waals surface area contributed by atoms with Crippen molar-refractivity contribution in [1.29, 1.82) is 0 Å². The van der Waals surface area contributed by atoms with Crippen LogP contribution in [0, 0.1) is 6.54 Å². The first-order valence-electron chi connectivity index (χ1n) is 4.75. The molecule has 1 unspecified atom stereocenters. The van der Waals surface area contributed by atoms with Crippen molar-refractivity contribution < 1.29 is 28.4 Å². The van der Waals surface area contributed by atoms with Crippen LogP contribution in [-0.2, 0) is 4.74 Å². The number of carbonyl (C=O) groups excluding carboxylic acids is 1. The van der Waals surface area contributed by atoms with Crippen LogP contribution in [0.1, 0.15) is 40.5 Å². The van der Waals surface area contributed by atoms with Crippen molar-refractivity contribution in [3.63, 3.8) is 0 Å². The van der Waals surface area contributed by atoms with Crippen LogP contribution in [-0.4, -0.2) is 22.6 Å². The Morgan fingerprint density at radius 2 is 2.07 bits per heavy atom. The molecule has 0 aromatic carbocycles. The van der Waals surface area contributed by atoms with Gasteiger partial charge in [-0.2, -0.15) is 6.42 Å². The van der Waals surface area contributed by atoms with Gasteiger partial charge in [-0.25, -0.2) is 11.3 Å². The second-order valence-electron chi connectivity index (χ2n) is 4.50. The molecule has 3 nitrogen and oxygen atoms in total. The summed E-state index contributed by atoms with van der Waals surface area (Å²) in [5.41, 5.74) is -0.396. The van der Waals surface area contributed by atoms with E-state index in [0.29, 0.717) is 0 Å². The molecule has 1 fully saturated rings. The van der Waals surface area contributed by atoms with E-state index in [2.05, 4.69) is 0 Å². The Morgan fingerprint density at radius 3 is 2.43 bits per heavy atom. The minimum absolute atomic E-state index is 0. The molecule has 1 heterocycles. The van der Waals surface area contributed by atoms with Gasteiger partial charge in [0.1, 0.15) is 5.60 Å². The molecule has 1 atom stereocenters. The van der Waals surface area contributed by atoms with E-state index in [1.165, 1.54) is 0 Å². The van der Waals surface area contributed by atoms with Gasteiger partial charge in [-0.15, -0.1) is 0 Å². The van der Waals surface area contributed by atoms with E-state index in [1.807, 2.05) is 34.2 Å². The van der Waals surface area contributed by atoms with Gasteiger partial charge in [-0.05, 0) is 33.7 Å². The van der Waals surface area contributed by atoms with E-state index in [-0.39, 0.29) is 31.0 Å². The topological polar surface area (TPSA) is 29.5 Å². The SMILES string of the molecule is CC1CC[CH-]N1C(=O)OC(C)(C)C.[Li+]. The van der Waals surface area contributed by atoms with Gasteiger partial charge in [-0.1, -0.05) is 6.42 Å². The molecule has 0 radical (unpaired) electrons. The van der Waals surface area contributed by atoms with Gasteiger partial charge < -0.3 is 9.64 Å². The monoisotopic (exact) mass is 191 g/mol. The van der Waals surface area contributed by atoms with E-state index in [9.17, 15) is 4.79 Å². The second kappa shape index (κ2) is 5.09. The number of hydrogen-bond donors (Lipinski definition) is 0. The molecule has 1 saturated heterocycles. The quantitative estimate of drug-likeness (QED) is 0.384. The summed E-state index contributed by atoms with van der Waals surface area (Å²) in [6, 6.07) is 0.287. The van der Waals surface area contributed by atoms with Gasteiger partial charge in [0.2, 0.25) is 0 Å². The molecule has 0 saturated carbocycles. The molecular weight excluding hydrogens is 173 g/mol. The van der Waals surface area contributed by atoms with Crippen LogP contribution in [0.5, 0.6) is 0 Å². The van der Waals surface area contributed by atoms with Crippen molar-refractivity contribution in [2.45, 2.75) is 52.2 Å². The fourth-order valence-corrected chi connectivity index (χ4v) is 1.34. The van der Waals surface area contributed by atoms with Crippen molar-refractivity contribution >= 4 is 6.09 Å². The molecule has 0 aromatic rings. The van der Waals surface area contributed by atoms with Gasteiger partial charge in [-0.3, -0.25) is 0 Å². The summed E-state index contributed by atoms with van der Waals surface area (Å²) >= 11 is 0. The van der Waals surface area contributed by atoms with Crippen molar-refractivity contribution in [2.75, 3.05) is 0 Å². The van der Waals surface area contributed by atoms with E-state index in [4.69, 9.17) is 4.74 Å². The van der Waals surface area contributed by atoms with Gasteiger partial charge >= 0.3 is 25.0 Å². The van der Waals surface area contributed by atoms with Gasteiger partial charge in [0.25, 0.3) is 0 Å². The summed E-state index contributed by atoms with van der Waals surface area (Å²) in [4.78, 5) is 13.2. The summed E-state index contributed by atoms with van der Waals surface area (Å²) < 4.78 is 5.25. The van der Waals surface area contributed by atoms with Gasteiger partial charge in [0, 0.05) is 0 Å². The van der Waals surface area contributed by atoms with E-state index in [0.717, 1.165) is 12.8 Å². The third-order valence-corrected chi connectivity index (χ3v) is 1.99. The first-order chi connectivity index (χ1) is 5.90. The summed E-state index contributed by atoms with van der Waals surface area (Å²) in [6.07, 6.45) is 1.79. The van der Waals surface area contributed by atoms with Crippen LogP contribution in [0.3, 0.4) is 0 Å². The standard InChI is InChI=1S/C10H18NO2.Li/c1-8-6-5-7-11(8)9(12)13-10(2,3)4;/h7-8H,5-6H2,1-4H3;/q-1;+1. The minimum Gasteiger partial charge on any atom is -0.455 e. The molecule has 1 rings (SSSR count). The van der Waals surface area contributed by atoms with Crippen LogP contribution >= 0.6 is 0 Å². The zero-order valence-electron chi connectivity index (χ0n) is 9.83. The molecule has 14 heavy (non-hydrogen) atoms. The Labute approximate surface area is 98.4 Å². The van der Waals surface area contributed by atoms with Crippen LogP contribution in [0.15, 0.2) is 0 Å². The first-order valence-corrected chi connectivity index (χ1v) is 4.75. The third-order valence-electron chi connectivity index (χ3n) is 1.99. The first kappa shape index (κ1) is 13.9. The van der Waals surface area contributed by atoms with Crippen molar-refractivity contribution in [3.05, 3.63) is 6.54 Å². The third kappa shape index (κ3) is 3.94. The fourth-order valence-electron chi connectivity index (χ4n) is 1.34. The number of nitrogens with zero attached hydrogens (tertiary/aromatic N) is 1. The predicted molar refractivity (Wildman–Crippen MR) is 51.1 cm³/mol. The fraction of sp³-hybridized carbons (Fsp3) is 0.800. The van der Waals surface area contributed by atoms with Crippen molar-refractivity contribution in [3.8, 4) is 0 Å². The maximum atomic E-state index is 11.5. The average Bonchev–Trinajstić information content (AvgIpc) is 2.30. The second-order valence-corrected chi connectivity index (χ2v) is 4.50. The molecule has 1 amide bonds. The Bertz CT molecular complexity index is 201. The molecule has 0 spiro atoms. The number of amides is 1. The molecule has 0 N–H and O–H groups in total. The summed E-state index contributed by atoms with van der Waals surface area (Å²) in [6.45, 7) is 9.59. The van der Waals surface area contributed by atoms with Crippen LogP contribution in [0.4, 0.5) is 4.79 Å². The van der Waals surface area contributed by atoms with E-state index in [1.54, 1.807) is 4.90 Å². The summed E-state index contributed by atoms with van der Waals surface area (Å²) in [5.74, 6) is 0. The number of rotatable bonds is 0. The molecule has 1 aliphatic heterocycles. The van der Waals surface area contributed by atoms with Gasteiger partial charge in [0.05, 0.1) is 0 Å². The van der Waals surface area contributed by atoms with E-state index < -0.39 is 5.60 Å². The Balaban J connectivity index is 0.00000169. The summed E-state index contributed by atoms with van der Waals surface area (Å²) in [5, 5.41) is 0. The molecule has 1 aliphatic rings. The molecule has 0 aliphatic carbocycles. The predicted octanol–water partition coefficient (Wildman–Crippen LogP) is -0.428. The Kier molecular flexibility index (Phi) is 5.04. The number of carbonyl (C=O) groups is 1. The van der Waals surface area contributed by atoms with Crippen LogP contribution < -0.4 is 18.9 Å². The summed E-state index contributed by atoms with van der Waals surface area (Å²) in [7, 11) is 0. The molecule has 0 bridgehead atoms. The number of likely N-dealkylation sites (tertiary alicyclic amines) is 1. The molecule has 76 valence electrons. The van der Waals surface area contributed by atoms with Crippen LogP contribution in [0.25, 0.3) is 0 Å². The normalized spacial score (nSPS) is 21.7. The van der Waals surface area contributed by atoms with E-state index >= 15 is 0 Å². The zero-order valence-corrected chi connectivity index (χ0v) is 9.83. The maximum absolute atomic E-state index is 11.5. The number of ether oxygens (including phenoxy) is 1. The molecule has 0 aromatic heterocycles. The smallest absolute Gasteiger partial charge is 0.455 e. The van der Waals surface area contributed by atoms with Crippen molar-refractivity contribution in [1.82, 2.24) is 4.90 Å². The largest absolute Gasteiger partial charge is 1.00 e. The minimum atomic E-state index is -0.396. The molecular formula is C10H18LiNO2. The molecule has 4 heteroatoms. The Morgan fingerprint density at radius 1 is 1.50 bits per heavy atom. The van der Waals surface area contributed by atoms with Crippen LogP contribution in [0.2, 0.25) is 0 Å². The number of hydrogen-bond acceptors (Lipinski definition) is 2. The van der Waals surface area contributed by atoms with Gasteiger partial charge in [0.15, 0.2) is 0 Å². The maximum Gasteiger partial charge on any atom is 1.00 e.